The number of hydrazine groups is 2. The maximum absolute atomic E-state index is 12.9. The fourth-order valence-electron chi connectivity index (χ4n) is 2.59. The summed E-state index contributed by atoms with van der Waals surface area (Å²) in [4.78, 5) is 0. The molecule has 1 aromatic heterocycles. The van der Waals surface area contributed by atoms with Crippen molar-refractivity contribution in [2.75, 3.05) is 40.4 Å². The second-order valence-corrected chi connectivity index (χ2v) is 10.1. The normalized spacial score (nSPS) is 20.7. The highest BCUT2D eigenvalue weighted by Gasteiger charge is 2.40. The highest BCUT2D eigenvalue weighted by atomic mass is 32.3. The number of ether oxygens (including phenoxy) is 1. The van der Waals surface area contributed by atoms with E-state index in [9.17, 15) is 8.42 Å². The average molecular weight is 396 g/mol. The molecule has 0 fully saturated rings. The minimum atomic E-state index is -3.51. The molecule has 0 bridgehead atoms. The van der Waals surface area contributed by atoms with Crippen molar-refractivity contribution in [1.29, 1.82) is 0 Å². The molecular weight excluding hydrogens is 370 g/mol. The summed E-state index contributed by atoms with van der Waals surface area (Å²) in [6, 6.07) is 1.72. The predicted octanol–water partition coefficient (Wildman–Crippen LogP) is 0.838. The van der Waals surface area contributed by atoms with Gasteiger partial charge in [0.25, 0.3) is 10.0 Å². The lowest BCUT2D eigenvalue weighted by molar-refractivity contribution is 0.158. The Morgan fingerprint density at radius 2 is 2.21 bits per heavy atom. The van der Waals surface area contributed by atoms with Gasteiger partial charge < -0.3 is 4.74 Å². The number of hydrogen-bond acceptors (Lipinski definition) is 9. The number of rotatable bonds is 8. The quantitative estimate of drug-likeness (QED) is 0.289. The summed E-state index contributed by atoms with van der Waals surface area (Å²) in [6.45, 7) is 3.87. The fourth-order valence-corrected chi connectivity index (χ4v) is 7.09. The van der Waals surface area contributed by atoms with Crippen LogP contribution in [0.3, 0.4) is 0 Å². The van der Waals surface area contributed by atoms with Crippen LogP contribution in [0.15, 0.2) is 14.5 Å². The lowest BCUT2D eigenvalue weighted by Gasteiger charge is -2.36. The summed E-state index contributed by atoms with van der Waals surface area (Å²) in [5, 5.41) is 1.68. The van der Waals surface area contributed by atoms with E-state index in [4.69, 9.17) is 16.4 Å². The first-order valence-electron chi connectivity index (χ1n) is 7.61. The van der Waals surface area contributed by atoms with Crippen LogP contribution in [0, 0.1) is 0 Å². The van der Waals surface area contributed by atoms with Crippen LogP contribution in [0.2, 0.25) is 0 Å². The lowest BCUT2D eigenvalue weighted by atomic mass is 10.1. The first kappa shape index (κ1) is 20.1. The van der Waals surface area contributed by atoms with Gasteiger partial charge in [0, 0.05) is 46.0 Å². The molecule has 1 aromatic rings. The Bertz CT molecular complexity index is 649. The number of sulfonamides is 1. The summed E-state index contributed by atoms with van der Waals surface area (Å²) in [5.74, 6) is 11.8. The van der Waals surface area contributed by atoms with Crippen LogP contribution in [0.25, 0.3) is 0 Å². The molecule has 0 amide bonds. The minimum Gasteiger partial charge on any atom is -0.385 e. The van der Waals surface area contributed by atoms with Crippen molar-refractivity contribution in [3.05, 3.63) is 11.6 Å². The molecule has 2 rings (SSSR count). The molecule has 0 aliphatic carbocycles. The molecule has 4 N–H and O–H groups in total. The number of nitrogens with zero attached hydrogens (tertiary/aromatic N) is 3. The van der Waals surface area contributed by atoms with Gasteiger partial charge in [-0.3, -0.25) is 11.7 Å². The molecule has 24 heavy (non-hydrogen) atoms. The molecule has 138 valence electrons. The molecule has 0 saturated carbocycles. The second-order valence-electron chi connectivity index (χ2n) is 5.50. The van der Waals surface area contributed by atoms with Crippen molar-refractivity contribution < 1.29 is 13.2 Å². The van der Waals surface area contributed by atoms with E-state index in [2.05, 4.69) is 0 Å². The van der Waals surface area contributed by atoms with Gasteiger partial charge in [-0.2, -0.15) is 8.72 Å². The van der Waals surface area contributed by atoms with Crippen LogP contribution >= 0.6 is 23.3 Å². The van der Waals surface area contributed by atoms with Gasteiger partial charge in [0.05, 0.1) is 10.3 Å². The molecule has 2 heterocycles. The van der Waals surface area contributed by atoms with E-state index in [0.29, 0.717) is 36.9 Å². The number of methoxy groups -OCH3 is 1. The van der Waals surface area contributed by atoms with Crippen LogP contribution in [-0.2, 0) is 14.8 Å². The van der Waals surface area contributed by atoms with E-state index >= 15 is 0 Å². The monoisotopic (exact) mass is 395 g/mol. The molecular formula is C13H25N5O3S3. The van der Waals surface area contributed by atoms with Crippen molar-refractivity contribution in [3.8, 4) is 0 Å². The van der Waals surface area contributed by atoms with Gasteiger partial charge in [-0.15, -0.1) is 11.3 Å². The summed E-state index contributed by atoms with van der Waals surface area (Å²) in [5.41, 5.74) is 0.761. The van der Waals surface area contributed by atoms with Crippen molar-refractivity contribution in [2.24, 2.45) is 11.7 Å². The van der Waals surface area contributed by atoms with Gasteiger partial charge in [-0.05, 0) is 24.4 Å². The van der Waals surface area contributed by atoms with Crippen molar-refractivity contribution in [1.82, 2.24) is 13.7 Å². The molecule has 0 aromatic carbocycles. The fraction of sp³-hybridized carbons (Fsp3) is 0.692. The standard InChI is InChI=1S/C13H25N5O3S3/c1-4-18(15)11-9-17(6-5-7-21-3)24(19,20)13-10(11)8-12(22-13)23-16(2)14/h8,11H,4-7,9,14-15H2,1-3H3. The smallest absolute Gasteiger partial charge is 0.252 e. The van der Waals surface area contributed by atoms with E-state index in [-0.39, 0.29) is 6.04 Å². The summed E-state index contributed by atoms with van der Waals surface area (Å²) in [6.07, 6.45) is 0.646. The zero-order valence-electron chi connectivity index (χ0n) is 14.1. The van der Waals surface area contributed by atoms with Crippen molar-refractivity contribution >= 4 is 33.3 Å². The number of nitrogens with two attached hydrogens (primary N) is 2. The topological polar surface area (TPSA) is 105 Å². The first-order valence-corrected chi connectivity index (χ1v) is 10.6. The third-order valence-corrected chi connectivity index (χ3v) is 8.16. The van der Waals surface area contributed by atoms with Crippen LogP contribution in [0.4, 0.5) is 0 Å². The van der Waals surface area contributed by atoms with E-state index in [1.54, 1.807) is 19.2 Å². The highest BCUT2D eigenvalue weighted by Crippen LogP contribution is 2.43. The molecule has 0 radical (unpaired) electrons. The van der Waals surface area contributed by atoms with Crippen LogP contribution in [0.5, 0.6) is 0 Å². The minimum absolute atomic E-state index is 0.162. The zero-order valence-corrected chi connectivity index (χ0v) is 16.6. The zero-order chi connectivity index (χ0) is 17.9. The molecule has 1 aliphatic heterocycles. The molecule has 8 nitrogen and oxygen atoms in total. The molecule has 0 spiro atoms. The maximum atomic E-state index is 12.9. The van der Waals surface area contributed by atoms with Gasteiger partial charge in [0.2, 0.25) is 0 Å². The van der Waals surface area contributed by atoms with Crippen molar-refractivity contribution in [3.63, 3.8) is 0 Å². The van der Waals surface area contributed by atoms with Gasteiger partial charge >= 0.3 is 0 Å². The van der Waals surface area contributed by atoms with Gasteiger partial charge in [0.15, 0.2) is 0 Å². The van der Waals surface area contributed by atoms with E-state index in [0.717, 1.165) is 9.77 Å². The Morgan fingerprint density at radius 3 is 2.79 bits per heavy atom. The summed E-state index contributed by atoms with van der Waals surface area (Å²) < 4.78 is 35.1. The predicted molar refractivity (Wildman–Crippen MR) is 96.7 cm³/mol. The van der Waals surface area contributed by atoms with Gasteiger partial charge in [-0.1, -0.05) is 6.92 Å². The van der Waals surface area contributed by atoms with Crippen LogP contribution in [0.1, 0.15) is 24.9 Å². The third kappa shape index (κ3) is 4.29. The highest BCUT2D eigenvalue weighted by molar-refractivity contribution is 7.99. The Labute approximate surface area is 151 Å². The van der Waals surface area contributed by atoms with E-state index in [1.807, 2.05) is 13.0 Å². The van der Waals surface area contributed by atoms with Crippen LogP contribution in [-0.4, -0.2) is 62.5 Å². The summed E-state index contributed by atoms with van der Waals surface area (Å²) >= 11 is 2.55. The molecule has 11 heteroatoms. The first-order chi connectivity index (χ1) is 11.3. The lowest BCUT2D eigenvalue weighted by Crippen LogP contribution is -2.47. The Hall–Kier alpha value is -0.240. The van der Waals surface area contributed by atoms with Gasteiger partial charge in [-0.25, -0.2) is 13.4 Å². The van der Waals surface area contributed by atoms with Crippen LogP contribution < -0.4 is 11.7 Å². The number of thiophene rings is 1. The molecule has 0 saturated heterocycles. The Balaban J connectivity index is 2.38. The van der Waals surface area contributed by atoms with Crippen molar-refractivity contribution in [2.45, 2.75) is 27.8 Å². The van der Waals surface area contributed by atoms with E-state index < -0.39 is 10.0 Å². The largest absolute Gasteiger partial charge is 0.385 e. The summed E-state index contributed by atoms with van der Waals surface area (Å²) in [7, 11) is -0.188. The SMILES string of the molecule is CCN(N)C1CN(CCCOC)S(=O)(=O)c2sc(SN(C)N)cc21. The number of likely N-dealkylation sites (N-methyl/N-ethyl adjacent to an activating group) is 1. The molecule has 1 unspecified atom stereocenters. The third-order valence-electron chi connectivity index (χ3n) is 3.77. The average Bonchev–Trinajstić information content (AvgIpc) is 2.93. The molecule has 1 atom stereocenters. The van der Waals surface area contributed by atoms with E-state index in [1.165, 1.54) is 32.0 Å². The Morgan fingerprint density at radius 1 is 1.50 bits per heavy atom. The Kier molecular flexibility index (Phi) is 7.05. The molecule has 1 aliphatic rings. The van der Waals surface area contributed by atoms with Gasteiger partial charge in [0.1, 0.15) is 4.21 Å². The number of hydrogen-bond donors (Lipinski definition) is 2. The number of fused-ring (bicyclic) bond motifs is 1. The second kappa shape index (κ2) is 8.43. The maximum Gasteiger partial charge on any atom is 0.252 e.